The Bertz CT molecular complexity index is 534. The highest BCUT2D eigenvalue weighted by molar-refractivity contribution is 5.95. The summed E-state index contributed by atoms with van der Waals surface area (Å²) in [5, 5.41) is 11.8. The van der Waals surface area contributed by atoms with Gasteiger partial charge in [0.1, 0.15) is 0 Å². The Balaban J connectivity index is 2.13. The first kappa shape index (κ1) is 13.3. The molecule has 0 spiro atoms. The Hall–Kier alpha value is -2.10. The molecule has 1 atom stereocenters. The quantitative estimate of drug-likeness (QED) is 0.820. The highest BCUT2D eigenvalue weighted by atomic mass is 16.4. The molecule has 1 amide bonds. The molecule has 100 valence electrons. The lowest BCUT2D eigenvalue weighted by Crippen LogP contribution is -2.24. The van der Waals surface area contributed by atoms with Crippen molar-refractivity contribution in [3.63, 3.8) is 0 Å². The maximum Gasteiger partial charge on any atom is 0.335 e. The number of hydrogen-bond acceptors (Lipinski definition) is 2. The van der Waals surface area contributed by atoms with Crippen LogP contribution in [-0.2, 0) is 4.79 Å². The second-order valence-corrected chi connectivity index (χ2v) is 4.81. The number of carbonyl (C=O) groups is 2. The maximum atomic E-state index is 12.1. The van der Waals surface area contributed by atoms with Crippen LogP contribution in [0.1, 0.15) is 35.2 Å². The molecular weight excluding hydrogens is 242 g/mol. The lowest BCUT2D eigenvalue weighted by Gasteiger charge is -2.18. The topological polar surface area (TPSA) is 66.4 Å². The molecule has 0 saturated heterocycles. The van der Waals surface area contributed by atoms with Gasteiger partial charge >= 0.3 is 5.97 Å². The van der Waals surface area contributed by atoms with Gasteiger partial charge in [0.25, 0.3) is 0 Å². The van der Waals surface area contributed by atoms with E-state index in [1.54, 1.807) is 6.07 Å². The predicted molar refractivity (Wildman–Crippen MR) is 73.2 cm³/mol. The van der Waals surface area contributed by atoms with Crippen molar-refractivity contribution in [2.24, 2.45) is 5.92 Å². The molecular formula is C15H17NO3. The van der Waals surface area contributed by atoms with Crippen molar-refractivity contribution in [1.82, 2.24) is 0 Å². The van der Waals surface area contributed by atoms with E-state index < -0.39 is 5.97 Å². The molecule has 1 unspecified atom stereocenters. The van der Waals surface area contributed by atoms with Gasteiger partial charge < -0.3 is 10.4 Å². The minimum absolute atomic E-state index is 0.0158. The zero-order valence-electron chi connectivity index (χ0n) is 10.8. The Morgan fingerprint density at radius 3 is 2.74 bits per heavy atom. The number of hydrogen-bond donors (Lipinski definition) is 2. The van der Waals surface area contributed by atoms with Crippen molar-refractivity contribution in [3.05, 3.63) is 41.5 Å². The number of carboxylic acid groups (broad SMARTS) is 1. The number of amides is 1. The molecule has 0 radical (unpaired) electrons. The Kier molecular flexibility index (Phi) is 4.00. The highest BCUT2D eigenvalue weighted by Crippen LogP contribution is 2.22. The average molecular weight is 259 g/mol. The Morgan fingerprint density at radius 2 is 2.11 bits per heavy atom. The van der Waals surface area contributed by atoms with E-state index in [1.807, 2.05) is 13.0 Å². The van der Waals surface area contributed by atoms with Gasteiger partial charge in [-0.3, -0.25) is 4.79 Å². The van der Waals surface area contributed by atoms with Crippen molar-refractivity contribution in [2.75, 3.05) is 5.32 Å². The molecule has 4 nitrogen and oxygen atoms in total. The van der Waals surface area contributed by atoms with E-state index in [9.17, 15) is 9.59 Å². The summed E-state index contributed by atoms with van der Waals surface area (Å²) < 4.78 is 0. The van der Waals surface area contributed by atoms with Gasteiger partial charge in [0.2, 0.25) is 5.91 Å². The second-order valence-electron chi connectivity index (χ2n) is 4.81. The average Bonchev–Trinajstić information content (AvgIpc) is 2.42. The summed E-state index contributed by atoms with van der Waals surface area (Å²) in [5.41, 5.74) is 1.63. The fourth-order valence-corrected chi connectivity index (χ4v) is 2.16. The Morgan fingerprint density at radius 1 is 1.32 bits per heavy atom. The maximum absolute atomic E-state index is 12.1. The number of nitrogens with one attached hydrogen (secondary N) is 1. The highest BCUT2D eigenvalue weighted by Gasteiger charge is 2.19. The van der Waals surface area contributed by atoms with E-state index >= 15 is 0 Å². The van der Waals surface area contributed by atoms with Crippen LogP contribution in [0.4, 0.5) is 5.69 Å². The first-order valence-corrected chi connectivity index (χ1v) is 6.37. The number of carbonyl (C=O) groups excluding carboxylic acids is 1. The van der Waals surface area contributed by atoms with Gasteiger partial charge in [0.05, 0.1) is 5.56 Å². The number of aryl methyl sites for hydroxylation is 1. The summed E-state index contributed by atoms with van der Waals surface area (Å²) in [4.78, 5) is 23.0. The molecule has 0 aliphatic heterocycles. The summed E-state index contributed by atoms with van der Waals surface area (Å²) in [6.45, 7) is 1.85. The van der Waals surface area contributed by atoms with Gasteiger partial charge in [-0.15, -0.1) is 0 Å². The second kappa shape index (κ2) is 5.69. The Labute approximate surface area is 112 Å². The molecule has 0 saturated carbocycles. The third-order valence-corrected chi connectivity index (χ3v) is 3.38. The van der Waals surface area contributed by atoms with Crippen LogP contribution in [0.15, 0.2) is 30.4 Å². The van der Waals surface area contributed by atoms with Crippen molar-refractivity contribution >= 4 is 17.6 Å². The van der Waals surface area contributed by atoms with Crippen LogP contribution >= 0.6 is 0 Å². The number of allylic oxidation sites excluding steroid dienone is 2. The molecule has 1 aliphatic carbocycles. The van der Waals surface area contributed by atoms with Crippen LogP contribution in [0.5, 0.6) is 0 Å². The van der Waals surface area contributed by atoms with E-state index in [0.717, 1.165) is 24.8 Å². The van der Waals surface area contributed by atoms with E-state index in [2.05, 4.69) is 11.4 Å². The van der Waals surface area contributed by atoms with Gasteiger partial charge in [0.15, 0.2) is 0 Å². The fourth-order valence-electron chi connectivity index (χ4n) is 2.16. The smallest absolute Gasteiger partial charge is 0.335 e. The largest absolute Gasteiger partial charge is 0.478 e. The summed E-state index contributed by atoms with van der Waals surface area (Å²) in [6, 6.07) is 4.75. The van der Waals surface area contributed by atoms with Crippen LogP contribution in [0.2, 0.25) is 0 Å². The zero-order chi connectivity index (χ0) is 13.8. The zero-order valence-corrected chi connectivity index (χ0v) is 10.8. The lowest BCUT2D eigenvalue weighted by atomic mass is 9.93. The minimum Gasteiger partial charge on any atom is -0.478 e. The molecule has 0 fully saturated rings. The lowest BCUT2D eigenvalue weighted by molar-refractivity contribution is -0.120. The summed E-state index contributed by atoms with van der Waals surface area (Å²) in [7, 11) is 0. The monoisotopic (exact) mass is 259 g/mol. The number of aromatic carboxylic acids is 1. The summed E-state index contributed by atoms with van der Waals surface area (Å²) in [5.74, 6) is -1.04. The molecule has 1 aliphatic rings. The third-order valence-electron chi connectivity index (χ3n) is 3.38. The van der Waals surface area contributed by atoms with Crippen LogP contribution in [-0.4, -0.2) is 17.0 Å². The minimum atomic E-state index is -0.990. The molecule has 2 N–H and O–H groups in total. The number of carboxylic acids is 1. The number of benzene rings is 1. The number of rotatable bonds is 3. The van der Waals surface area contributed by atoms with Gasteiger partial charge in [-0.25, -0.2) is 4.79 Å². The van der Waals surface area contributed by atoms with E-state index in [0.29, 0.717) is 5.69 Å². The third kappa shape index (κ3) is 3.22. The molecule has 0 aromatic heterocycles. The molecule has 19 heavy (non-hydrogen) atoms. The molecule has 4 heteroatoms. The molecule has 1 aromatic rings. The van der Waals surface area contributed by atoms with Crippen LogP contribution in [0.3, 0.4) is 0 Å². The SMILES string of the molecule is Cc1ccc(C(=O)O)cc1NC(=O)C1CC=CCC1. The van der Waals surface area contributed by atoms with Gasteiger partial charge in [-0.2, -0.15) is 0 Å². The predicted octanol–water partition coefficient (Wildman–Crippen LogP) is 2.99. The molecule has 2 rings (SSSR count). The van der Waals surface area contributed by atoms with Crippen molar-refractivity contribution in [2.45, 2.75) is 26.2 Å². The van der Waals surface area contributed by atoms with E-state index in [4.69, 9.17) is 5.11 Å². The van der Waals surface area contributed by atoms with Crippen LogP contribution < -0.4 is 5.32 Å². The molecule has 0 bridgehead atoms. The van der Waals surface area contributed by atoms with Gasteiger partial charge in [-0.05, 0) is 43.9 Å². The summed E-state index contributed by atoms with van der Waals surface area (Å²) in [6.07, 6.45) is 6.63. The summed E-state index contributed by atoms with van der Waals surface area (Å²) >= 11 is 0. The van der Waals surface area contributed by atoms with Crippen LogP contribution in [0, 0.1) is 12.8 Å². The molecule has 1 aromatic carbocycles. The van der Waals surface area contributed by atoms with E-state index in [1.165, 1.54) is 12.1 Å². The van der Waals surface area contributed by atoms with Gasteiger partial charge in [0, 0.05) is 11.6 Å². The normalized spacial score (nSPS) is 18.1. The fraction of sp³-hybridized carbons (Fsp3) is 0.333. The van der Waals surface area contributed by atoms with E-state index in [-0.39, 0.29) is 17.4 Å². The molecule has 0 heterocycles. The van der Waals surface area contributed by atoms with Gasteiger partial charge in [-0.1, -0.05) is 18.2 Å². The first-order valence-electron chi connectivity index (χ1n) is 6.37. The van der Waals surface area contributed by atoms with Crippen molar-refractivity contribution in [1.29, 1.82) is 0 Å². The standard InChI is InChI=1S/C15H17NO3/c1-10-7-8-12(15(18)19)9-13(10)16-14(17)11-5-3-2-4-6-11/h2-3,7-9,11H,4-6H2,1H3,(H,16,17)(H,18,19). The van der Waals surface area contributed by atoms with Crippen LogP contribution in [0.25, 0.3) is 0 Å². The van der Waals surface area contributed by atoms with Crippen molar-refractivity contribution < 1.29 is 14.7 Å². The first-order chi connectivity index (χ1) is 9.08. The van der Waals surface area contributed by atoms with Crippen molar-refractivity contribution in [3.8, 4) is 0 Å². The number of anilines is 1.